The van der Waals surface area contributed by atoms with Crippen molar-refractivity contribution in [1.82, 2.24) is 19.7 Å². The number of rotatable bonds is 3. The number of carbonyl (C=O) groups is 1. The number of hydrogen-bond acceptors (Lipinski definition) is 3. The van der Waals surface area contributed by atoms with E-state index in [0.717, 1.165) is 31.6 Å². The molecule has 1 unspecified atom stereocenters. The summed E-state index contributed by atoms with van der Waals surface area (Å²) >= 11 is 0. The molecule has 0 saturated carbocycles. The Morgan fingerprint density at radius 3 is 2.91 bits per heavy atom. The van der Waals surface area contributed by atoms with Crippen LogP contribution in [-0.2, 0) is 13.5 Å². The van der Waals surface area contributed by atoms with Crippen LogP contribution in [0.3, 0.4) is 0 Å². The van der Waals surface area contributed by atoms with E-state index in [4.69, 9.17) is 0 Å². The van der Waals surface area contributed by atoms with Gasteiger partial charge in [0.25, 0.3) is 5.91 Å². The molecule has 116 valence electrons. The Bertz CT molecular complexity index is 647. The van der Waals surface area contributed by atoms with Crippen molar-refractivity contribution in [2.45, 2.75) is 26.2 Å². The summed E-state index contributed by atoms with van der Waals surface area (Å²) < 4.78 is 1.67. The highest BCUT2D eigenvalue weighted by Crippen LogP contribution is 2.22. The summed E-state index contributed by atoms with van der Waals surface area (Å²) in [6.45, 7) is 3.64. The van der Waals surface area contributed by atoms with Crippen LogP contribution in [0.25, 0.3) is 0 Å². The fraction of sp³-hybridized carbons (Fsp3) is 0.471. The van der Waals surface area contributed by atoms with Gasteiger partial charge in [-0.3, -0.25) is 14.5 Å². The lowest BCUT2D eigenvalue weighted by Gasteiger charge is -2.32. The lowest BCUT2D eigenvalue weighted by Crippen LogP contribution is -2.40. The molecule has 1 fully saturated rings. The van der Waals surface area contributed by atoms with E-state index in [1.165, 1.54) is 12.0 Å². The maximum absolute atomic E-state index is 12.5. The lowest BCUT2D eigenvalue weighted by molar-refractivity contribution is 0.0666. The quantitative estimate of drug-likeness (QED) is 0.873. The summed E-state index contributed by atoms with van der Waals surface area (Å²) in [4.78, 5) is 18.8. The minimum Gasteiger partial charge on any atom is -0.337 e. The average molecular weight is 298 g/mol. The second-order valence-corrected chi connectivity index (χ2v) is 6.15. The second-order valence-electron chi connectivity index (χ2n) is 6.15. The number of piperidine rings is 1. The SMILES string of the molecule is Cc1ccc(CC2CCCN(C(=O)c3ccn(C)n3)C2)cn1. The molecule has 0 N–H and O–H groups in total. The highest BCUT2D eigenvalue weighted by Gasteiger charge is 2.25. The first kappa shape index (κ1) is 14.8. The van der Waals surface area contributed by atoms with Crippen LogP contribution in [0.1, 0.15) is 34.6 Å². The molecule has 2 aromatic heterocycles. The monoisotopic (exact) mass is 298 g/mol. The van der Waals surface area contributed by atoms with E-state index in [1.54, 1.807) is 10.7 Å². The van der Waals surface area contributed by atoms with Gasteiger partial charge in [-0.15, -0.1) is 0 Å². The van der Waals surface area contributed by atoms with Crippen molar-refractivity contribution in [2.24, 2.45) is 13.0 Å². The number of likely N-dealkylation sites (tertiary alicyclic amines) is 1. The number of pyridine rings is 1. The maximum atomic E-state index is 12.5. The first-order chi connectivity index (χ1) is 10.6. The van der Waals surface area contributed by atoms with E-state index in [9.17, 15) is 4.79 Å². The summed E-state index contributed by atoms with van der Waals surface area (Å²) in [7, 11) is 1.83. The Balaban J connectivity index is 1.63. The van der Waals surface area contributed by atoms with Crippen LogP contribution in [0.5, 0.6) is 0 Å². The molecule has 1 aliphatic heterocycles. The van der Waals surface area contributed by atoms with Gasteiger partial charge in [-0.25, -0.2) is 0 Å². The molecule has 5 heteroatoms. The van der Waals surface area contributed by atoms with Crippen molar-refractivity contribution < 1.29 is 4.79 Å². The molecule has 1 amide bonds. The third-order valence-electron chi connectivity index (χ3n) is 4.24. The highest BCUT2D eigenvalue weighted by atomic mass is 16.2. The summed E-state index contributed by atoms with van der Waals surface area (Å²) in [5.41, 5.74) is 2.84. The number of hydrogen-bond donors (Lipinski definition) is 0. The third-order valence-corrected chi connectivity index (χ3v) is 4.24. The first-order valence-electron chi connectivity index (χ1n) is 7.82. The van der Waals surface area contributed by atoms with Crippen molar-refractivity contribution in [2.75, 3.05) is 13.1 Å². The van der Waals surface area contributed by atoms with Crippen molar-refractivity contribution in [3.63, 3.8) is 0 Å². The molecular formula is C17H22N4O. The van der Waals surface area contributed by atoms with Crippen molar-refractivity contribution in [3.8, 4) is 0 Å². The molecule has 1 aliphatic rings. The molecule has 0 aliphatic carbocycles. The Hall–Kier alpha value is -2.17. The van der Waals surface area contributed by atoms with Crippen molar-refractivity contribution in [3.05, 3.63) is 47.5 Å². The summed E-state index contributed by atoms with van der Waals surface area (Å²) in [5, 5.41) is 4.22. The number of aryl methyl sites for hydroxylation is 2. The van der Waals surface area contributed by atoms with Gasteiger partial charge < -0.3 is 4.90 Å². The van der Waals surface area contributed by atoms with Crippen LogP contribution in [0.4, 0.5) is 0 Å². The number of nitrogens with zero attached hydrogens (tertiary/aromatic N) is 4. The summed E-state index contributed by atoms with van der Waals surface area (Å²) in [5.74, 6) is 0.554. The first-order valence-corrected chi connectivity index (χ1v) is 7.82. The zero-order valence-electron chi connectivity index (χ0n) is 13.2. The minimum absolute atomic E-state index is 0.0485. The molecular weight excluding hydrogens is 276 g/mol. The minimum atomic E-state index is 0.0485. The van der Waals surface area contributed by atoms with Crippen molar-refractivity contribution >= 4 is 5.91 Å². The number of aromatic nitrogens is 3. The molecule has 0 spiro atoms. The summed E-state index contributed by atoms with van der Waals surface area (Å²) in [6, 6.07) is 5.98. The molecule has 0 bridgehead atoms. The van der Waals surface area contributed by atoms with Crippen LogP contribution >= 0.6 is 0 Å². The molecule has 0 aromatic carbocycles. The van der Waals surface area contributed by atoms with Crippen LogP contribution in [0.2, 0.25) is 0 Å². The Morgan fingerprint density at radius 1 is 1.36 bits per heavy atom. The van der Waals surface area contributed by atoms with E-state index in [0.29, 0.717) is 11.6 Å². The maximum Gasteiger partial charge on any atom is 0.274 e. The predicted octanol–water partition coefficient (Wildman–Crippen LogP) is 2.22. The van der Waals surface area contributed by atoms with E-state index >= 15 is 0 Å². The van der Waals surface area contributed by atoms with Gasteiger partial charge in [-0.1, -0.05) is 6.07 Å². The van der Waals surface area contributed by atoms with Gasteiger partial charge in [0.2, 0.25) is 0 Å². The van der Waals surface area contributed by atoms with E-state index in [1.807, 2.05) is 31.3 Å². The Labute approximate surface area is 131 Å². The van der Waals surface area contributed by atoms with Crippen LogP contribution in [0, 0.1) is 12.8 Å². The predicted molar refractivity (Wildman–Crippen MR) is 84.5 cm³/mol. The van der Waals surface area contributed by atoms with Gasteiger partial charge >= 0.3 is 0 Å². The zero-order chi connectivity index (χ0) is 15.5. The highest BCUT2D eigenvalue weighted by molar-refractivity contribution is 5.92. The zero-order valence-corrected chi connectivity index (χ0v) is 13.2. The fourth-order valence-electron chi connectivity index (χ4n) is 3.06. The smallest absolute Gasteiger partial charge is 0.274 e. The fourth-order valence-corrected chi connectivity index (χ4v) is 3.06. The largest absolute Gasteiger partial charge is 0.337 e. The molecule has 2 aromatic rings. The van der Waals surface area contributed by atoms with E-state index in [-0.39, 0.29) is 5.91 Å². The van der Waals surface area contributed by atoms with E-state index in [2.05, 4.69) is 22.2 Å². The topological polar surface area (TPSA) is 51.0 Å². The van der Waals surface area contributed by atoms with Gasteiger partial charge in [-0.2, -0.15) is 5.10 Å². The lowest BCUT2D eigenvalue weighted by atomic mass is 9.91. The van der Waals surface area contributed by atoms with Gasteiger partial charge in [0, 0.05) is 38.2 Å². The van der Waals surface area contributed by atoms with Crippen molar-refractivity contribution in [1.29, 1.82) is 0 Å². The molecule has 1 saturated heterocycles. The second kappa shape index (κ2) is 6.30. The van der Waals surface area contributed by atoms with Gasteiger partial charge in [0.15, 0.2) is 0 Å². The molecule has 3 rings (SSSR count). The molecule has 1 atom stereocenters. The van der Waals surface area contributed by atoms with Crippen LogP contribution in [0.15, 0.2) is 30.6 Å². The van der Waals surface area contributed by atoms with Gasteiger partial charge in [-0.05, 0) is 49.8 Å². The number of amides is 1. The Morgan fingerprint density at radius 2 is 2.23 bits per heavy atom. The standard InChI is InChI=1S/C17H22N4O/c1-13-5-6-14(11-18-13)10-15-4-3-8-21(12-15)17(22)16-7-9-20(2)19-16/h5-7,9,11,15H,3-4,8,10,12H2,1-2H3. The van der Waals surface area contributed by atoms with Crippen LogP contribution < -0.4 is 0 Å². The third kappa shape index (κ3) is 3.35. The van der Waals surface area contributed by atoms with Gasteiger partial charge in [0.1, 0.15) is 5.69 Å². The Kier molecular flexibility index (Phi) is 4.22. The summed E-state index contributed by atoms with van der Waals surface area (Å²) in [6.07, 6.45) is 6.98. The number of carbonyl (C=O) groups excluding carboxylic acids is 1. The molecule has 5 nitrogen and oxygen atoms in total. The molecule has 22 heavy (non-hydrogen) atoms. The molecule has 3 heterocycles. The van der Waals surface area contributed by atoms with Crippen LogP contribution in [-0.4, -0.2) is 38.7 Å². The average Bonchev–Trinajstić information content (AvgIpc) is 2.96. The molecule has 0 radical (unpaired) electrons. The normalized spacial score (nSPS) is 18.5. The van der Waals surface area contributed by atoms with E-state index < -0.39 is 0 Å². The van der Waals surface area contributed by atoms with Gasteiger partial charge in [0.05, 0.1) is 0 Å².